The van der Waals surface area contributed by atoms with E-state index in [0.717, 1.165) is 39.3 Å². The molecule has 20 heavy (non-hydrogen) atoms. The van der Waals surface area contributed by atoms with Crippen molar-refractivity contribution in [3.63, 3.8) is 0 Å². The van der Waals surface area contributed by atoms with Gasteiger partial charge < -0.3 is 4.74 Å². The highest BCUT2D eigenvalue weighted by molar-refractivity contribution is 5.28. The van der Waals surface area contributed by atoms with Gasteiger partial charge in [0.15, 0.2) is 0 Å². The first-order valence-corrected chi connectivity index (χ1v) is 7.95. The van der Waals surface area contributed by atoms with Gasteiger partial charge in [0.1, 0.15) is 0 Å². The maximum absolute atomic E-state index is 5.56. The summed E-state index contributed by atoms with van der Waals surface area (Å²) in [4.78, 5) is 7.39. The predicted molar refractivity (Wildman–Crippen MR) is 83.1 cm³/mol. The Morgan fingerprint density at radius 1 is 1.30 bits per heavy atom. The van der Waals surface area contributed by atoms with Crippen LogP contribution in [0.25, 0.3) is 0 Å². The molecular weight excluding hydrogens is 248 g/mol. The number of hydrogen-bond acceptors (Lipinski definition) is 3. The molecular formula is C17H28N2O. The SMILES string of the molecule is CCN(CC)Cc1nc(C(C)C)ccc1[C@@H]1CCOC1. The molecule has 2 heterocycles. The lowest BCUT2D eigenvalue weighted by Crippen LogP contribution is -2.24. The molecule has 0 unspecified atom stereocenters. The number of nitrogens with zero attached hydrogens (tertiary/aromatic N) is 2. The van der Waals surface area contributed by atoms with E-state index in [4.69, 9.17) is 9.72 Å². The lowest BCUT2D eigenvalue weighted by atomic mass is 9.95. The zero-order valence-electron chi connectivity index (χ0n) is 13.4. The summed E-state index contributed by atoms with van der Waals surface area (Å²) in [6, 6.07) is 4.49. The molecule has 0 spiro atoms. The van der Waals surface area contributed by atoms with Gasteiger partial charge >= 0.3 is 0 Å². The average molecular weight is 276 g/mol. The number of ether oxygens (including phenoxy) is 1. The Hall–Kier alpha value is -0.930. The second-order valence-electron chi connectivity index (χ2n) is 5.95. The maximum Gasteiger partial charge on any atom is 0.0583 e. The van der Waals surface area contributed by atoms with Crippen LogP contribution in [0.1, 0.15) is 62.9 Å². The second kappa shape index (κ2) is 7.19. The minimum absolute atomic E-state index is 0.485. The van der Waals surface area contributed by atoms with Crippen LogP contribution in [0.15, 0.2) is 12.1 Å². The van der Waals surface area contributed by atoms with E-state index in [9.17, 15) is 0 Å². The summed E-state index contributed by atoms with van der Waals surface area (Å²) in [6.07, 6.45) is 1.13. The molecule has 1 aliphatic rings. The van der Waals surface area contributed by atoms with E-state index >= 15 is 0 Å². The van der Waals surface area contributed by atoms with Gasteiger partial charge in [-0.15, -0.1) is 0 Å². The topological polar surface area (TPSA) is 25.4 Å². The van der Waals surface area contributed by atoms with Gasteiger partial charge in [-0.05, 0) is 37.1 Å². The van der Waals surface area contributed by atoms with E-state index in [0.29, 0.717) is 11.8 Å². The zero-order valence-corrected chi connectivity index (χ0v) is 13.4. The molecule has 0 radical (unpaired) electrons. The van der Waals surface area contributed by atoms with E-state index in [1.807, 2.05) is 0 Å². The quantitative estimate of drug-likeness (QED) is 0.794. The molecule has 112 valence electrons. The monoisotopic (exact) mass is 276 g/mol. The summed E-state index contributed by atoms with van der Waals surface area (Å²) >= 11 is 0. The van der Waals surface area contributed by atoms with Crippen LogP contribution in [-0.4, -0.2) is 36.2 Å². The van der Waals surface area contributed by atoms with Crippen molar-refractivity contribution >= 4 is 0 Å². The number of pyridine rings is 1. The smallest absolute Gasteiger partial charge is 0.0583 e. The van der Waals surface area contributed by atoms with Crippen LogP contribution in [-0.2, 0) is 11.3 Å². The van der Waals surface area contributed by atoms with Gasteiger partial charge in [0.25, 0.3) is 0 Å². The number of rotatable bonds is 6. The Kier molecular flexibility index (Phi) is 5.55. The molecule has 1 saturated heterocycles. The van der Waals surface area contributed by atoms with Crippen LogP contribution in [0.3, 0.4) is 0 Å². The minimum Gasteiger partial charge on any atom is -0.381 e. The van der Waals surface area contributed by atoms with Crippen molar-refractivity contribution in [3.8, 4) is 0 Å². The van der Waals surface area contributed by atoms with Crippen LogP contribution in [0.4, 0.5) is 0 Å². The van der Waals surface area contributed by atoms with Crippen LogP contribution in [0.5, 0.6) is 0 Å². The lowest BCUT2D eigenvalue weighted by molar-refractivity contribution is 0.193. The van der Waals surface area contributed by atoms with Crippen molar-refractivity contribution in [3.05, 3.63) is 29.1 Å². The van der Waals surface area contributed by atoms with E-state index in [1.165, 1.54) is 17.0 Å². The minimum atomic E-state index is 0.485. The molecule has 0 aromatic carbocycles. The summed E-state index contributed by atoms with van der Waals surface area (Å²) in [5.74, 6) is 1.02. The average Bonchev–Trinajstić information content (AvgIpc) is 2.98. The molecule has 3 nitrogen and oxygen atoms in total. The highest BCUT2D eigenvalue weighted by Crippen LogP contribution is 2.29. The van der Waals surface area contributed by atoms with Gasteiger partial charge in [-0.25, -0.2) is 0 Å². The van der Waals surface area contributed by atoms with E-state index < -0.39 is 0 Å². The fourth-order valence-electron chi connectivity index (χ4n) is 2.79. The molecule has 1 aliphatic heterocycles. The Balaban J connectivity index is 2.29. The van der Waals surface area contributed by atoms with Crippen molar-refractivity contribution < 1.29 is 4.74 Å². The van der Waals surface area contributed by atoms with Crippen LogP contribution >= 0.6 is 0 Å². The third kappa shape index (κ3) is 3.58. The zero-order chi connectivity index (χ0) is 14.5. The molecule has 0 amide bonds. The van der Waals surface area contributed by atoms with Crippen LogP contribution in [0, 0.1) is 0 Å². The standard InChI is InChI=1S/C17H28N2O/c1-5-19(6-2)11-17-15(14-9-10-20-12-14)7-8-16(18-17)13(3)4/h7-8,13-14H,5-6,9-12H2,1-4H3/t14-/m1/s1. The summed E-state index contributed by atoms with van der Waals surface area (Å²) in [5.41, 5.74) is 3.86. The third-order valence-corrected chi connectivity index (χ3v) is 4.26. The Bertz CT molecular complexity index is 421. The van der Waals surface area contributed by atoms with Crippen LogP contribution < -0.4 is 0 Å². The Labute approximate surface area is 123 Å². The first-order valence-electron chi connectivity index (χ1n) is 7.95. The van der Waals surface area contributed by atoms with Crippen molar-refractivity contribution in [1.29, 1.82) is 0 Å². The maximum atomic E-state index is 5.56. The summed E-state index contributed by atoms with van der Waals surface area (Å²) in [5, 5.41) is 0. The molecule has 1 aromatic rings. The second-order valence-corrected chi connectivity index (χ2v) is 5.95. The number of aromatic nitrogens is 1. The van der Waals surface area contributed by atoms with E-state index in [1.54, 1.807) is 0 Å². The van der Waals surface area contributed by atoms with Gasteiger partial charge in [-0.3, -0.25) is 9.88 Å². The highest BCUT2D eigenvalue weighted by Gasteiger charge is 2.22. The van der Waals surface area contributed by atoms with Gasteiger partial charge in [-0.2, -0.15) is 0 Å². The van der Waals surface area contributed by atoms with Crippen LogP contribution in [0.2, 0.25) is 0 Å². The van der Waals surface area contributed by atoms with Crippen molar-refractivity contribution in [2.75, 3.05) is 26.3 Å². The Morgan fingerprint density at radius 2 is 2.05 bits per heavy atom. The number of hydrogen-bond donors (Lipinski definition) is 0. The summed E-state index contributed by atoms with van der Waals surface area (Å²) in [6.45, 7) is 13.7. The molecule has 1 fully saturated rings. The largest absolute Gasteiger partial charge is 0.381 e. The van der Waals surface area contributed by atoms with Crippen molar-refractivity contribution in [2.45, 2.75) is 52.5 Å². The van der Waals surface area contributed by atoms with E-state index in [2.05, 4.69) is 44.7 Å². The van der Waals surface area contributed by atoms with Crippen molar-refractivity contribution in [2.24, 2.45) is 0 Å². The summed E-state index contributed by atoms with van der Waals surface area (Å²) in [7, 11) is 0. The van der Waals surface area contributed by atoms with Gasteiger partial charge in [0.05, 0.1) is 12.3 Å². The van der Waals surface area contributed by atoms with Crippen molar-refractivity contribution in [1.82, 2.24) is 9.88 Å². The van der Waals surface area contributed by atoms with Gasteiger partial charge in [0.2, 0.25) is 0 Å². The molecule has 0 N–H and O–H groups in total. The molecule has 1 aromatic heterocycles. The third-order valence-electron chi connectivity index (χ3n) is 4.26. The molecule has 0 aliphatic carbocycles. The molecule has 0 bridgehead atoms. The normalized spacial score (nSPS) is 19.2. The molecule has 0 saturated carbocycles. The highest BCUT2D eigenvalue weighted by atomic mass is 16.5. The van der Waals surface area contributed by atoms with Gasteiger partial charge in [-0.1, -0.05) is 33.8 Å². The predicted octanol–water partition coefficient (Wildman–Crippen LogP) is 3.55. The first-order chi connectivity index (χ1) is 9.65. The molecule has 3 heteroatoms. The molecule has 1 atom stereocenters. The fourth-order valence-corrected chi connectivity index (χ4v) is 2.79. The molecule has 2 rings (SSSR count). The van der Waals surface area contributed by atoms with E-state index in [-0.39, 0.29) is 0 Å². The fraction of sp³-hybridized carbons (Fsp3) is 0.706. The Morgan fingerprint density at radius 3 is 2.60 bits per heavy atom. The first kappa shape index (κ1) is 15.5. The van der Waals surface area contributed by atoms with Gasteiger partial charge in [0, 0.05) is 24.8 Å². The lowest BCUT2D eigenvalue weighted by Gasteiger charge is -2.22. The summed E-state index contributed by atoms with van der Waals surface area (Å²) < 4.78 is 5.56.